The SMILES string of the molecule is Cc1[nH]c2ccccc2c1N(C)C1CCC(C#N)CC1. The lowest BCUT2D eigenvalue weighted by Gasteiger charge is -2.34. The van der Waals surface area contributed by atoms with Gasteiger partial charge in [0.15, 0.2) is 0 Å². The Morgan fingerprint density at radius 1 is 1.20 bits per heavy atom. The molecule has 1 aromatic heterocycles. The van der Waals surface area contributed by atoms with E-state index in [0.29, 0.717) is 6.04 Å². The maximum atomic E-state index is 9.02. The van der Waals surface area contributed by atoms with Crippen LogP contribution in [0, 0.1) is 24.2 Å². The number of hydrogen-bond donors (Lipinski definition) is 1. The predicted molar refractivity (Wildman–Crippen MR) is 82.8 cm³/mol. The van der Waals surface area contributed by atoms with Crippen LogP contribution in [0.4, 0.5) is 5.69 Å². The Kier molecular flexibility index (Phi) is 3.40. The summed E-state index contributed by atoms with van der Waals surface area (Å²) >= 11 is 0. The molecule has 3 heteroatoms. The molecule has 20 heavy (non-hydrogen) atoms. The van der Waals surface area contributed by atoms with E-state index < -0.39 is 0 Å². The van der Waals surface area contributed by atoms with Crippen LogP contribution in [0.3, 0.4) is 0 Å². The van der Waals surface area contributed by atoms with Crippen LogP contribution in [0.1, 0.15) is 31.4 Å². The molecule has 0 radical (unpaired) electrons. The highest BCUT2D eigenvalue weighted by molar-refractivity contribution is 5.94. The van der Waals surface area contributed by atoms with Crippen molar-refractivity contribution < 1.29 is 0 Å². The summed E-state index contributed by atoms with van der Waals surface area (Å²) in [7, 11) is 2.19. The summed E-state index contributed by atoms with van der Waals surface area (Å²) in [4.78, 5) is 5.89. The number of para-hydroxylation sites is 1. The average Bonchev–Trinajstić information content (AvgIpc) is 2.82. The number of anilines is 1. The third-order valence-corrected chi connectivity index (χ3v) is 4.64. The van der Waals surface area contributed by atoms with E-state index in [2.05, 4.69) is 54.2 Å². The number of aromatic nitrogens is 1. The summed E-state index contributed by atoms with van der Waals surface area (Å²) in [6, 6.07) is 11.5. The largest absolute Gasteiger partial charge is 0.370 e. The first-order valence-electron chi connectivity index (χ1n) is 7.40. The van der Waals surface area contributed by atoms with Crippen molar-refractivity contribution in [3.63, 3.8) is 0 Å². The molecule has 1 fully saturated rings. The summed E-state index contributed by atoms with van der Waals surface area (Å²) in [6.07, 6.45) is 4.31. The zero-order chi connectivity index (χ0) is 14.1. The van der Waals surface area contributed by atoms with Crippen molar-refractivity contribution in [2.45, 2.75) is 38.6 Å². The quantitative estimate of drug-likeness (QED) is 0.893. The number of rotatable bonds is 2. The van der Waals surface area contributed by atoms with E-state index in [1.807, 2.05) is 0 Å². The van der Waals surface area contributed by atoms with Gasteiger partial charge in [-0.25, -0.2) is 0 Å². The first-order chi connectivity index (χ1) is 9.70. The number of nitriles is 1. The van der Waals surface area contributed by atoms with E-state index >= 15 is 0 Å². The van der Waals surface area contributed by atoms with Crippen molar-refractivity contribution in [2.75, 3.05) is 11.9 Å². The van der Waals surface area contributed by atoms with Gasteiger partial charge in [0.2, 0.25) is 0 Å². The van der Waals surface area contributed by atoms with Gasteiger partial charge in [-0.05, 0) is 38.7 Å². The first kappa shape index (κ1) is 13.1. The third-order valence-electron chi connectivity index (χ3n) is 4.64. The molecule has 3 rings (SSSR count). The normalized spacial score (nSPS) is 22.6. The van der Waals surface area contributed by atoms with Gasteiger partial charge in [-0.15, -0.1) is 0 Å². The lowest BCUT2D eigenvalue weighted by Crippen LogP contribution is -2.35. The molecular formula is C17H21N3. The smallest absolute Gasteiger partial charge is 0.0655 e. The van der Waals surface area contributed by atoms with Crippen LogP contribution in [0.25, 0.3) is 10.9 Å². The molecule has 1 aliphatic carbocycles. The van der Waals surface area contributed by atoms with Crippen molar-refractivity contribution in [1.82, 2.24) is 4.98 Å². The van der Waals surface area contributed by atoms with Gasteiger partial charge in [0.1, 0.15) is 0 Å². The van der Waals surface area contributed by atoms with Crippen LogP contribution in [0.2, 0.25) is 0 Å². The zero-order valence-corrected chi connectivity index (χ0v) is 12.2. The number of hydrogen-bond acceptors (Lipinski definition) is 2. The summed E-state index contributed by atoms with van der Waals surface area (Å²) in [5.41, 5.74) is 3.76. The summed E-state index contributed by atoms with van der Waals surface area (Å²) in [5, 5.41) is 10.3. The Hall–Kier alpha value is -1.95. The molecule has 1 saturated carbocycles. The Bertz CT molecular complexity index is 642. The van der Waals surface area contributed by atoms with Crippen LogP contribution < -0.4 is 4.90 Å². The molecule has 0 bridgehead atoms. The highest BCUT2D eigenvalue weighted by atomic mass is 15.1. The minimum absolute atomic E-state index is 0.267. The van der Waals surface area contributed by atoms with E-state index in [4.69, 9.17) is 5.26 Å². The molecule has 1 N–H and O–H groups in total. The molecule has 3 nitrogen and oxygen atoms in total. The fourth-order valence-corrected chi connectivity index (χ4v) is 3.49. The van der Waals surface area contributed by atoms with Gasteiger partial charge in [-0.2, -0.15) is 5.26 Å². The van der Waals surface area contributed by atoms with Crippen LogP contribution in [-0.4, -0.2) is 18.1 Å². The molecular weight excluding hydrogens is 246 g/mol. The molecule has 1 aromatic carbocycles. The van der Waals surface area contributed by atoms with E-state index in [-0.39, 0.29) is 5.92 Å². The fraction of sp³-hybridized carbons (Fsp3) is 0.471. The van der Waals surface area contributed by atoms with Gasteiger partial charge >= 0.3 is 0 Å². The fourth-order valence-electron chi connectivity index (χ4n) is 3.49. The van der Waals surface area contributed by atoms with E-state index in [0.717, 1.165) is 25.7 Å². The Labute approximate surface area is 120 Å². The minimum Gasteiger partial charge on any atom is -0.370 e. The first-order valence-corrected chi connectivity index (χ1v) is 7.40. The van der Waals surface area contributed by atoms with Gasteiger partial charge in [0, 0.05) is 35.6 Å². The number of aryl methyl sites for hydroxylation is 1. The van der Waals surface area contributed by atoms with E-state index in [9.17, 15) is 0 Å². The summed E-state index contributed by atoms with van der Waals surface area (Å²) in [6.45, 7) is 2.15. The standard InChI is InChI=1S/C17H21N3/c1-12-17(15-5-3-4-6-16(15)19-12)20(2)14-9-7-13(11-18)8-10-14/h3-6,13-14,19H,7-10H2,1-2H3. The van der Waals surface area contributed by atoms with Crippen molar-refractivity contribution in [1.29, 1.82) is 5.26 Å². The monoisotopic (exact) mass is 267 g/mol. The summed E-state index contributed by atoms with van der Waals surface area (Å²) < 4.78 is 0. The molecule has 1 heterocycles. The van der Waals surface area contributed by atoms with Crippen LogP contribution in [0.5, 0.6) is 0 Å². The van der Waals surface area contributed by atoms with Crippen molar-refractivity contribution >= 4 is 16.6 Å². The maximum absolute atomic E-state index is 9.02. The van der Waals surface area contributed by atoms with Crippen molar-refractivity contribution in [3.05, 3.63) is 30.0 Å². The van der Waals surface area contributed by atoms with Crippen LogP contribution in [0.15, 0.2) is 24.3 Å². The minimum atomic E-state index is 0.267. The van der Waals surface area contributed by atoms with Crippen molar-refractivity contribution in [2.24, 2.45) is 5.92 Å². The zero-order valence-electron chi connectivity index (χ0n) is 12.2. The second-order valence-corrected chi connectivity index (χ2v) is 5.89. The number of aromatic amines is 1. The number of nitrogens with zero attached hydrogens (tertiary/aromatic N) is 2. The van der Waals surface area contributed by atoms with E-state index in [1.54, 1.807) is 0 Å². The third kappa shape index (κ3) is 2.16. The van der Waals surface area contributed by atoms with Gasteiger partial charge < -0.3 is 9.88 Å². The highest BCUT2D eigenvalue weighted by Gasteiger charge is 2.26. The lowest BCUT2D eigenvalue weighted by atomic mass is 9.86. The van der Waals surface area contributed by atoms with Gasteiger partial charge in [-0.3, -0.25) is 0 Å². The molecule has 0 aliphatic heterocycles. The highest BCUT2D eigenvalue weighted by Crippen LogP contribution is 2.35. The molecule has 0 unspecified atom stereocenters. The lowest BCUT2D eigenvalue weighted by molar-refractivity contribution is 0.372. The number of benzene rings is 1. The van der Waals surface area contributed by atoms with Gasteiger partial charge in [0.25, 0.3) is 0 Å². The molecule has 0 atom stereocenters. The Morgan fingerprint density at radius 2 is 1.90 bits per heavy atom. The molecule has 2 aromatic rings. The maximum Gasteiger partial charge on any atom is 0.0655 e. The predicted octanol–water partition coefficient (Wildman–Crippen LogP) is 3.99. The Morgan fingerprint density at radius 3 is 2.60 bits per heavy atom. The molecule has 104 valence electrons. The average molecular weight is 267 g/mol. The Balaban J connectivity index is 1.88. The second kappa shape index (κ2) is 5.20. The number of nitrogens with one attached hydrogen (secondary N) is 1. The second-order valence-electron chi connectivity index (χ2n) is 5.89. The van der Waals surface area contributed by atoms with E-state index in [1.165, 1.54) is 22.3 Å². The van der Waals surface area contributed by atoms with Gasteiger partial charge in [-0.1, -0.05) is 18.2 Å². The van der Waals surface area contributed by atoms with Crippen LogP contribution >= 0.6 is 0 Å². The molecule has 1 aliphatic rings. The number of H-pyrrole nitrogens is 1. The van der Waals surface area contributed by atoms with Crippen LogP contribution in [-0.2, 0) is 0 Å². The topological polar surface area (TPSA) is 42.8 Å². The molecule has 0 spiro atoms. The molecule has 0 saturated heterocycles. The summed E-state index contributed by atoms with van der Waals surface area (Å²) in [5.74, 6) is 0.267. The molecule has 0 amide bonds. The van der Waals surface area contributed by atoms with Gasteiger partial charge in [0.05, 0.1) is 11.8 Å². The number of fused-ring (bicyclic) bond motifs is 1. The van der Waals surface area contributed by atoms with Crippen molar-refractivity contribution in [3.8, 4) is 6.07 Å².